The minimum absolute atomic E-state index is 0.303. The Balaban J connectivity index is 1.92. The fourth-order valence-corrected chi connectivity index (χ4v) is 3.76. The first-order valence-electron chi connectivity index (χ1n) is 9.38. The normalized spacial score (nSPS) is 10.9. The van der Waals surface area contributed by atoms with Gasteiger partial charge in [0, 0.05) is 12.6 Å². The van der Waals surface area contributed by atoms with Crippen LogP contribution in [0.15, 0.2) is 42.5 Å². The topological polar surface area (TPSA) is 94.2 Å². The van der Waals surface area contributed by atoms with Crippen LogP contribution in [0.1, 0.15) is 12.0 Å². The van der Waals surface area contributed by atoms with Crippen LogP contribution in [0.5, 0.6) is 17.2 Å². The van der Waals surface area contributed by atoms with Gasteiger partial charge in [0.1, 0.15) is 12.3 Å². The van der Waals surface area contributed by atoms with Crippen molar-refractivity contribution in [3.05, 3.63) is 48.0 Å². The number of carbonyl (C=O) groups is 1. The number of rotatable bonds is 11. The van der Waals surface area contributed by atoms with Crippen molar-refractivity contribution in [1.29, 1.82) is 0 Å². The molecule has 0 aromatic heterocycles. The number of benzene rings is 2. The van der Waals surface area contributed by atoms with Crippen LogP contribution in [0.4, 0.5) is 5.69 Å². The van der Waals surface area contributed by atoms with E-state index in [1.807, 2.05) is 18.2 Å². The summed E-state index contributed by atoms with van der Waals surface area (Å²) >= 11 is 0. The first-order chi connectivity index (χ1) is 14.3. The van der Waals surface area contributed by atoms with Gasteiger partial charge in [-0.05, 0) is 42.7 Å². The lowest BCUT2D eigenvalue weighted by Gasteiger charge is -2.22. The number of ether oxygens (including phenoxy) is 3. The summed E-state index contributed by atoms with van der Waals surface area (Å²) < 4.78 is 41.1. The number of anilines is 1. The van der Waals surface area contributed by atoms with Gasteiger partial charge < -0.3 is 19.5 Å². The van der Waals surface area contributed by atoms with Gasteiger partial charge in [-0.3, -0.25) is 9.10 Å². The molecule has 8 nitrogen and oxygen atoms in total. The average molecular weight is 437 g/mol. The number of carbonyl (C=O) groups excluding carboxylic acids is 1. The number of nitrogens with zero attached hydrogens (tertiary/aromatic N) is 1. The van der Waals surface area contributed by atoms with Gasteiger partial charge >= 0.3 is 0 Å². The van der Waals surface area contributed by atoms with E-state index >= 15 is 0 Å². The van der Waals surface area contributed by atoms with Crippen LogP contribution in [0.2, 0.25) is 0 Å². The number of hydrogen-bond acceptors (Lipinski definition) is 6. The fourth-order valence-electron chi connectivity index (χ4n) is 2.91. The van der Waals surface area contributed by atoms with Gasteiger partial charge in [0.15, 0.2) is 11.5 Å². The molecule has 2 rings (SSSR count). The molecule has 0 bridgehead atoms. The standard InChI is InChI=1S/C21H28N2O6S/c1-27-18-9-5-8-17(14-18)23(30(4,25)26)15-21(24)22-12-6-7-16-10-11-19(28-2)20(13-16)29-3/h5,8-11,13-14H,6-7,12,15H2,1-4H3,(H,22,24). The van der Waals surface area contributed by atoms with Gasteiger partial charge in [0.2, 0.25) is 15.9 Å². The molecule has 0 atom stereocenters. The molecule has 2 aromatic rings. The predicted molar refractivity (Wildman–Crippen MR) is 116 cm³/mol. The van der Waals surface area contributed by atoms with Crippen molar-refractivity contribution in [3.63, 3.8) is 0 Å². The van der Waals surface area contributed by atoms with Crippen LogP contribution >= 0.6 is 0 Å². The zero-order valence-electron chi connectivity index (χ0n) is 17.7. The lowest BCUT2D eigenvalue weighted by atomic mass is 10.1. The molecule has 0 aliphatic rings. The summed E-state index contributed by atoms with van der Waals surface area (Å²) in [4.78, 5) is 12.3. The largest absolute Gasteiger partial charge is 0.497 e. The molecule has 0 radical (unpaired) electrons. The summed E-state index contributed by atoms with van der Waals surface area (Å²) in [6, 6.07) is 12.3. The van der Waals surface area contributed by atoms with Crippen molar-refractivity contribution < 1.29 is 27.4 Å². The van der Waals surface area contributed by atoms with Crippen LogP contribution in [0.25, 0.3) is 0 Å². The first kappa shape index (κ1) is 23.3. The van der Waals surface area contributed by atoms with Gasteiger partial charge in [-0.15, -0.1) is 0 Å². The smallest absolute Gasteiger partial charge is 0.240 e. The van der Waals surface area contributed by atoms with Crippen molar-refractivity contribution >= 4 is 21.6 Å². The lowest BCUT2D eigenvalue weighted by Crippen LogP contribution is -2.40. The third-order valence-corrected chi connectivity index (χ3v) is 5.58. The molecule has 0 saturated heterocycles. The third-order valence-electron chi connectivity index (χ3n) is 4.44. The predicted octanol–water partition coefficient (Wildman–Crippen LogP) is 2.23. The Hall–Kier alpha value is -2.94. The monoisotopic (exact) mass is 436 g/mol. The van der Waals surface area contributed by atoms with E-state index in [0.29, 0.717) is 35.9 Å². The molecule has 0 aliphatic heterocycles. The van der Waals surface area contributed by atoms with E-state index in [1.165, 1.54) is 7.11 Å². The van der Waals surface area contributed by atoms with Crippen LogP contribution in [0.3, 0.4) is 0 Å². The molecule has 0 saturated carbocycles. The number of methoxy groups -OCH3 is 3. The van der Waals surface area contributed by atoms with Crippen molar-refractivity contribution in [2.24, 2.45) is 0 Å². The van der Waals surface area contributed by atoms with E-state index in [4.69, 9.17) is 14.2 Å². The summed E-state index contributed by atoms with van der Waals surface area (Å²) in [5.74, 6) is 1.45. The minimum atomic E-state index is -3.63. The summed E-state index contributed by atoms with van der Waals surface area (Å²) in [5, 5.41) is 2.77. The number of nitrogens with one attached hydrogen (secondary N) is 1. The molecular formula is C21H28N2O6S. The number of amides is 1. The van der Waals surface area contributed by atoms with E-state index in [9.17, 15) is 13.2 Å². The van der Waals surface area contributed by atoms with Crippen molar-refractivity contribution in [1.82, 2.24) is 5.32 Å². The zero-order valence-corrected chi connectivity index (χ0v) is 18.5. The van der Waals surface area contributed by atoms with Crippen LogP contribution in [-0.2, 0) is 21.2 Å². The number of aryl methyl sites for hydroxylation is 1. The molecule has 1 amide bonds. The van der Waals surface area contributed by atoms with Gasteiger partial charge in [0.25, 0.3) is 0 Å². The highest BCUT2D eigenvalue weighted by atomic mass is 32.2. The summed E-state index contributed by atoms with van der Waals surface area (Å²) in [6.07, 6.45) is 2.49. The second-order valence-corrected chi connectivity index (χ2v) is 8.52. The Bertz CT molecular complexity index is 962. The average Bonchev–Trinajstić information content (AvgIpc) is 2.74. The second kappa shape index (κ2) is 10.7. The Labute approximate surface area is 177 Å². The Morgan fingerprint density at radius 1 is 1.00 bits per heavy atom. The summed E-state index contributed by atoms with van der Waals surface area (Å²) in [5.41, 5.74) is 1.42. The molecule has 9 heteroatoms. The van der Waals surface area contributed by atoms with Crippen molar-refractivity contribution in [3.8, 4) is 17.2 Å². The van der Waals surface area contributed by atoms with Crippen molar-refractivity contribution in [2.45, 2.75) is 12.8 Å². The molecule has 30 heavy (non-hydrogen) atoms. The molecule has 164 valence electrons. The number of sulfonamides is 1. The van der Waals surface area contributed by atoms with Crippen LogP contribution in [-0.4, -0.2) is 55.0 Å². The second-order valence-electron chi connectivity index (χ2n) is 6.61. The van der Waals surface area contributed by atoms with Crippen molar-refractivity contribution in [2.75, 3.05) is 45.0 Å². The Kier molecular flexibility index (Phi) is 8.35. The van der Waals surface area contributed by atoms with Gasteiger partial charge in [-0.2, -0.15) is 0 Å². The molecule has 2 aromatic carbocycles. The van der Waals surface area contributed by atoms with Gasteiger partial charge in [0.05, 0.1) is 33.3 Å². The fraction of sp³-hybridized carbons (Fsp3) is 0.381. The SMILES string of the molecule is COc1cccc(N(CC(=O)NCCCc2ccc(OC)c(OC)c2)S(C)(=O)=O)c1. The highest BCUT2D eigenvalue weighted by Gasteiger charge is 2.21. The minimum Gasteiger partial charge on any atom is -0.497 e. The molecule has 0 aliphatic carbocycles. The molecule has 1 N–H and O–H groups in total. The quantitative estimate of drug-likeness (QED) is 0.543. The summed E-state index contributed by atoms with van der Waals surface area (Å²) in [6.45, 7) is 0.116. The van der Waals surface area contributed by atoms with Gasteiger partial charge in [-0.25, -0.2) is 8.42 Å². The van der Waals surface area contributed by atoms with Crippen LogP contribution < -0.4 is 23.8 Å². The van der Waals surface area contributed by atoms with Gasteiger partial charge in [-0.1, -0.05) is 12.1 Å². The van der Waals surface area contributed by atoms with E-state index in [2.05, 4.69) is 5.32 Å². The Morgan fingerprint density at radius 3 is 2.37 bits per heavy atom. The number of hydrogen-bond donors (Lipinski definition) is 1. The van der Waals surface area contributed by atoms with E-state index in [-0.39, 0.29) is 12.5 Å². The molecule has 0 fully saturated rings. The maximum atomic E-state index is 12.3. The summed E-state index contributed by atoms with van der Waals surface area (Å²) in [7, 11) is 1.02. The zero-order chi connectivity index (χ0) is 22.1. The molecule has 0 unspecified atom stereocenters. The Morgan fingerprint density at radius 2 is 1.73 bits per heavy atom. The highest BCUT2D eigenvalue weighted by Crippen LogP contribution is 2.28. The van der Waals surface area contributed by atoms with E-state index in [1.54, 1.807) is 38.5 Å². The molecule has 0 spiro atoms. The molecular weight excluding hydrogens is 408 g/mol. The maximum absolute atomic E-state index is 12.3. The lowest BCUT2D eigenvalue weighted by molar-refractivity contribution is -0.119. The third kappa shape index (κ3) is 6.55. The van der Waals surface area contributed by atoms with E-state index < -0.39 is 10.0 Å². The first-order valence-corrected chi connectivity index (χ1v) is 11.2. The van der Waals surface area contributed by atoms with Crippen LogP contribution in [0, 0.1) is 0 Å². The molecule has 0 heterocycles. The maximum Gasteiger partial charge on any atom is 0.240 e. The highest BCUT2D eigenvalue weighted by molar-refractivity contribution is 7.92. The van der Waals surface area contributed by atoms with E-state index in [0.717, 1.165) is 22.5 Å².